The second-order valence-electron chi connectivity index (χ2n) is 1.61. The normalized spacial score (nSPS) is 10.1. The molecule has 0 aliphatic carbocycles. The first kappa shape index (κ1) is 10.9. The van der Waals surface area contributed by atoms with Gasteiger partial charge < -0.3 is 23.8 Å². The fourth-order valence-corrected chi connectivity index (χ4v) is 0.465. The lowest BCUT2D eigenvalue weighted by Crippen LogP contribution is -2.28. The number of hydrogen-bond acceptors (Lipinski definition) is 5. The van der Waals surface area contributed by atoms with Crippen LogP contribution in [0.25, 0.3) is 0 Å². The first-order valence-corrected chi connectivity index (χ1v) is 3.29. The van der Waals surface area contributed by atoms with Crippen molar-refractivity contribution < 1.29 is 23.8 Å². The van der Waals surface area contributed by atoms with Gasteiger partial charge in [-0.2, -0.15) is 0 Å². The van der Waals surface area contributed by atoms with Gasteiger partial charge in [-0.3, -0.25) is 0 Å². The SMILES string of the molecule is CCOB(OCO)OCOC. The molecule has 0 fully saturated rings. The Morgan fingerprint density at radius 3 is 2.45 bits per heavy atom. The third kappa shape index (κ3) is 6.27. The Labute approximate surface area is 66.4 Å². The van der Waals surface area contributed by atoms with E-state index in [0.29, 0.717) is 6.61 Å². The van der Waals surface area contributed by atoms with Crippen molar-refractivity contribution in [1.29, 1.82) is 0 Å². The smallest absolute Gasteiger partial charge is 0.386 e. The van der Waals surface area contributed by atoms with Crippen LogP contribution in [-0.4, -0.2) is 39.7 Å². The molecular weight excluding hydrogens is 151 g/mol. The Balaban J connectivity index is 3.34. The first-order valence-electron chi connectivity index (χ1n) is 3.29. The van der Waals surface area contributed by atoms with E-state index in [0.717, 1.165) is 0 Å². The number of aliphatic hydroxyl groups is 1. The summed E-state index contributed by atoms with van der Waals surface area (Å²) in [7, 11) is 0.645. The highest BCUT2D eigenvalue weighted by Gasteiger charge is 2.19. The number of rotatable bonds is 7. The van der Waals surface area contributed by atoms with Crippen LogP contribution < -0.4 is 0 Å². The quantitative estimate of drug-likeness (QED) is 0.409. The molecule has 1 N–H and O–H groups in total. The molecule has 0 atom stereocenters. The van der Waals surface area contributed by atoms with E-state index < -0.39 is 14.1 Å². The largest absolute Gasteiger partial charge is 0.642 e. The maximum absolute atomic E-state index is 8.34. The molecule has 0 aliphatic rings. The molecule has 0 aromatic heterocycles. The monoisotopic (exact) mass is 164 g/mol. The zero-order valence-corrected chi connectivity index (χ0v) is 6.78. The molecule has 0 heterocycles. The maximum Gasteiger partial charge on any atom is 0.642 e. The molecule has 0 bridgehead atoms. The number of aliphatic hydroxyl groups excluding tert-OH is 1. The van der Waals surface area contributed by atoms with E-state index in [1.54, 1.807) is 6.92 Å². The van der Waals surface area contributed by atoms with E-state index in [2.05, 4.69) is 9.39 Å². The van der Waals surface area contributed by atoms with Crippen molar-refractivity contribution in [2.45, 2.75) is 6.92 Å². The minimum atomic E-state index is -0.843. The van der Waals surface area contributed by atoms with Crippen LogP contribution >= 0.6 is 0 Å². The molecular formula is C5H13BO5. The summed E-state index contributed by atoms with van der Waals surface area (Å²) >= 11 is 0. The standard InChI is InChI=1S/C5H13BO5/c1-3-9-6(10-4-7)11-5-8-2/h7H,3-5H2,1-2H3. The van der Waals surface area contributed by atoms with Gasteiger partial charge in [-0.15, -0.1) is 0 Å². The third-order valence-electron chi connectivity index (χ3n) is 0.835. The topological polar surface area (TPSA) is 57.2 Å². The molecule has 66 valence electrons. The summed E-state index contributed by atoms with van der Waals surface area (Å²) in [5.74, 6) is 0. The Hall–Kier alpha value is -0.135. The summed E-state index contributed by atoms with van der Waals surface area (Å²) in [6.07, 6.45) is 0. The second kappa shape index (κ2) is 7.97. The molecule has 5 nitrogen and oxygen atoms in total. The van der Waals surface area contributed by atoms with Crippen LogP contribution in [0.4, 0.5) is 0 Å². The summed E-state index contributed by atoms with van der Waals surface area (Å²) in [5.41, 5.74) is 0. The van der Waals surface area contributed by atoms with E-state index in [9.17, 15) is 0 Å². The van der Waals surface area contributed by atoms with E-state index >= 15 is 0 Å². The minimum Gasteiger partial charge on any atom is -0.386 e. The van der Waals surface area contributed by atoms with Gasteiger partial charge in [0.1, 0.15) is 13.6 Å². The second-order valence-corrected chi connectivity index (χ2v) is 1.61. The van der Waals surface area contributed by atoms with Gasteiger partial charge in [-0.05, 0) is 6.92 Å². The lowest BCUT2D eigenvalue weighted by Gasteiger charge is -2.10. The van der Waals surface area contributed by atoms with Crippen LogP contribution in [0.2, 0.25) is 0 Å². The average Bonchev–Trinajstić information content (AvgIpc) is 2.01. The zero-order chi connectivity index (χ0) is 8.53. The van der Waals surface area contributed by atoms with Gasteiger partial charge in [-0.1, -0.05) is 0 Å². The van der Waals surface area contributed by atoms with E-state index in [1.807, 2.05) is 0 Å². The minimum absolute atomic E-state index is 0.0741. The van der Waals surface area contributed by atoms with Crippen molar-refractivity contribution in [3.63, 3.8) is 0 Å². The van der Waals surface area contributed by atoms with Gasteiger partial charge in [0.2, 0.25) is 0 Å². The van der Waals surface area contributed by atoms with E-state index in [4.69, 9.17) is 14.4 Å². The fourth-order valence-electron chi connectivity index (χ4n) is 0.465. The molecule has 11 heavy (non-hydrogen) atoms. The summed E-state index contributed by atoms with van der Waals surface area (Å²) < 4.78 is 19.0. The van der Waals surface area contributed by atoms with Crippen LogP contribution in [-0.2, 0) is 18.7 Å². The molecule has 0 amide bonds. The highest BCUT2D eigenvalue weighted by atomic mass is 16.8. The number of ether oxygens (including phenoxy) is 1. The Bertz CT molecular complexity index is 75.3. The first-order chi connectivity index (χ1) is 5.35. The van der Waals surface area contributed by atoms with Gasteiger partial charge in [0.25, 0.3) is 0 Å². The summed E-state index contributed by atoms with van der Waals surface area (Å²) in [4.78, 5) is 0. The predicted octanol–water partition coefficient (Wildman–Crippen LogP) is -0.405. The predicted molar refractivity (Wildman–Crippen MR) is 38.5 cm³/mol. The maximum atomic E-state index is 8.34. The molecule has 0 unspecified atom stereocenters. The van der Waals surface area contributed by atoms with Crippen LogP contribution in [0.5, 0.6) is 0 Å². The van der Waals surface area contributed by atoms with E-state index in [1.165, 1.54) is 7.11 Å². The summed E-state index contributed by atoms with van der Waals surface area (Å²) in [6, 6.07) is 0. The van der Waals surface area contributed by atoms with Crippen LogP contribution in [0, 0.1) is 0 Å². The highest BCUT2D eigenvalue weighted by molar-refractivity contribution is 6.36. The van der Waals surface area contributed by atoms with E-state index in [-0.39, 0.29) is 6.79 Å². The molecule has 0 aromatic carbocycles. The van der Waals surface area contributed by atoms with Crippen molar-refractivity contribution in [3.05, 3.63) is 0 Å². The Kier molecular flexibility index (Phi) is 7.87. The van der Waals surface area contributed by atoms with Crippen LogP contribution in [0.15, 0.2) is 0 Å². The van der Waals surface area contributed by atoms with Gasteiger partial charge in [0.05, 0.1) is 0 Å². The van der Waals surface area contributed by atoms with Gasteiger partial charge in [0, 0.05) is 13.7 Å². The van der Waals surface area contributed by atoms with Crippen molar-refractivity contribution in [3.8, 4) is 0 Å². The third-order valence-corrected chi connectivity index (χ3v) is 0.835. The van der Waals surface area contributed by atoms with Crippen molar-refractivity contribution >= 4 is 7.32 Å². The Morgan fingerprint density at radius 2 is 2.00 bits per heavy atom. The molecule has 0 radical (unpaired) electrons. The molecule has 0 aliphatic heterocycles. The molecule has 0 saturated heterocycles. The van der Waals surface area contributed by atoms with Gasteiger partial charge >= 0.3 is 7.32 Å². The molecule has 6 heteroatoms. The van der Waals surface area contributed by atoms with Crippen LogP contribution in [0.1, 0.15) is 6.92 Å². The number of hydrogen-bond donors (Lipinski definition) is 1. The lowest BCUT2D eigenvalue weighted by atomic mass is 10.2. The van der Waals surface area contributed by atoms with Gasteiger partial charge in [0.15, 0.2) is 0 Å². The summed E-state index contributed by atoms with van der Waals surface area (Å²) in [6.45, 7) is 1.89. The van der Waals surface area contributed by atoms with Gasteiger partial charge in [-0.25, -0.2) is 0 Å². The molecule has 0 aromatic rings. The summed E-state index contributed by atoms with van der Waals surface area (Å²) in [5, 5.41) is 8.34. The van der Waals surface area contributed by atoms with Crippen molar-refractivity contribution in [2.75, 3.05) is 27.3 Å². The average molecular weight is 164 g/mol. The number of methoxy groups -OCH3 is 1. The lowest BCUT2D eigenvalue weighted by molar-refractivity contribution is -0.0286. The zero-order valence-electron chi connectivity index (χ0n) is 6.78. The van der Waals surface area contributed by atoms with Crippen LogP contribution in [0.3, 0.4) is 0 Å². The molecule has 0 saturated carbocycles. The molecule has 0 rings (SSSR count). The Morgan fingerprint density at radius 1 is 1.27 bits per heavy atom. The van der Waals surface area contributed by atoms with Crippen molar-refractivity contribution in [2.24, 2.45) is 0 Å². The molecule has 0 spiro atoms. The fraction of sp³-hybridized carbons (Fsp3) is 1.00. The van der Waals surface area contributed by atoms with Crippen molar-refractivity contribution in [1.82, 2.24) is 0 Å². The highest BCUT2D eigenvalue weighted by Crippen LogP contribution is 1.91.